The van der Waals surface area contributed by atoms with Crippen LogP contribution in [0.3, 0.4) is 0 Å². The van der Waals surface area contributed by atoms with E-state index in [0.717, 1.165) is 16.8 Å². The van der Waals surface area contributed by atoms with Crippen LogP contribution in [0.15, 0.2) is 48.8 Å². The molecule has 0 fully saturated rings. The summed E-state index contributed by atoms with van der Waals surface area (Å²) in [5, 5.41) is 21.0. The number of nitrogens with zero attached hydrogens (tertiary/aromatic N) is 1. The highest BCUT2D eigenvalue weighted by Crippen LogP contribution is 2.12. The second-order valence-corrected chi connectivity index (χ2v) is 4.45. The molecule has 104 valence electrons. The van der Waals surface area contributed by atoms with Crippen LogP contribution in [0.25, 0.3) is 12.2 Å². The Morgan fingerprint density at radius 3 is 2.20 bits per heavy atom. The second kappa shape index (κ2) is 7.43. The molecule has 4 heteroatoms. The van der Waals surface area contributed by atoms with E-state index in [1.807, 2.05) is 48.6 Å². The van der Waals surface area contributed by atoms with Gasteiger partial charge in [0.05, 0.1) is 12.7 Å². The van der Waals surface area contributed by atoms with Crippen LogP contribution in [0.1, 0.15) is 11.1 Å². The SMILES string of the molecule is OCC(O)CNc1ccc(C=Cc2ccncc2)cc1. The molecule has 0 aliphatic heterocycles. The maximum Gasteiger partial charge on any atom is 0.0942 e. The number of rotatable bonds is 6. The first-order valence-corrected chi connectivity index (χ1v) is 6.49. The van der Waals surface area contributed by atoms with Gasteiger partial charge in [-0.25, -0.2) is 0 Å². The van der Waals surface area contributed by atoms with Gasteiger partial charge in [0.25, 0.3) is 0 Å². The van der Waals surface area contributed by atoms with Gasteiger partial charge >= 0.3 is 0 Å². The van der Waals surface area contributed by atoms with E-state index in [0.29, 0.717) is 6.54 Å². The first-order valence-electron chi connectivity index (χ1n) is 6.49. The quantitative estimate of drug-likeness (QED) is 0.751. The lowest BCUT2D eigenvalue weighted by Crippen LogP contribution is -2.22. The molecule has 0 spiro atoms. The summed E-state index contributed by atoms with van der Waals surface area (Å²) in [6, 6.07) is 11.8. The molecule has 0 aliphatic carbocycles. The predicted molar refractivity (Wildman–Crippen MR) is 81.2 cm³/mol. The van der Waals surface area contributed by atoms with Gasteiger partial charge in [0.2, 0.25) is 0 Å². The fraction of sp³-hybridized carbons (Fsp3) is 0.188. The second-order valence-electron chi connectivity index (χ2n) is 4.45. The third-order valence-corrected chi connectivity index (χ3v) is 2.84. The van der Waals surface area contributed by atoms with Gasteiger partial charge in [-0.05, 0) is 35.4 Å². The van der Waals surface area contributed by atoms with E-state index in [1.54, 1.807) is 12.4 Å². The number of aliphatic hydroxyl groups is 2. The summed E-state index contributed by atoms with van der Waals surface area (Å²) < 4.78 is 0. The average Bonchev–Trinajstić information content (AvgIpc) is 2.52. The van der Waals surface area contributed by atoms with Crippen LogP contribution < -0.4 is 5.32 Å². The zero-order valence-electron chi connectivity index (χ0n) is 11.1. The van der Waals surface area contributed by atoms with Crippen LogP contribution >= 0.6 is 0 Å². The third-order valence-electron chi connectivity index (χ3n) is 2.84. The van der Waals surface area contributed by atoms with Gasteiger partial charge in [-0.15, -0.1) is 0 Å². The van der Waals surface area contributed by atoms with E-state index in [1.165, 1.54) is 0 Å². The zero-order valence-corrected chi connectivity index (χ0v) is 11.1. The molecule has 2 aromatic rings. The first-order chi connectivity index (χ1) is 9.78. The Morgan fingerprint density at radius 2 is 1.60 bits per heavy atom. The van der Waals surface area contributed by atoms with Crippen molar-refractivity contribution in [3.05, 3.63) is 59.9 Å². The topological polar surface area (TPSA) is 65.4 Å². The zero-order chi connectivity index (χ0) is 14.2. The number of pyridine rings is 1. The molecule has 0 saturated heterocycles. The number of hydrogen-bond donors (Lipinski definition) is 3. The normalized spacial score (nSPS) is 12.5. The van der Waals surface area contributed by atoms with E-state index >= 15 is 0 Å². The molecule has 0 saturated carbocycles. The number of aliphatic hydroxyl groups excluding tert-OH is 2. The minimum atomic E-state index is -0.735. The van der Waals surface area contributed by atoms with Crippen LogP contribution in [0.4, 0.5) is 5.69 Å². The van der Waals surface area contributed by atoms with Crippen LogP contribution in [0, 0.1) is 0 Å². The number of anilines is 1. The van der Waals surface area contributed by atoms with Crippen molar-refractivity contribution < 1.29 is 10.2 Å². The van der Waals surface area contributed by atoms with Gasteiger partial charge in [0.1, 0.15) is 0 Å². The van der Waals surface area contributed by atoms with Crippen molar-refractivity contribution in [2.45, 2.75) is 6.10 Å². The highest BCUT2D eigenvalue weighted by Gasteiger charge is 2.00. The summed E-state index contributed by atoms with van der Waals surface area (Å²) in [6.45, 7) is 0.0997. The fourth-order valence-electron chi connectivity index (χ4n) is 1.68. The molecular weight excluding hydrogens is 252 g/mol. The molecule has 1 heterocycles. The summed E-state index contributed by atoms with van der Waals surface area (Å²) >= 11 is 0. The van der Waals surface area contributed by atoms with Crippen molar-refractivity contribution in [1.29, 1.82) is 0 Å². The molecule has 1 aromatic heterocycles. The lowest BCUT2D eigenvalue weighted by Gasteiger charge is -2.10. The summed E-state index contributed by atoms with van der Waals surface area (Å²) in [7, 11) is 0. The fourth-order valence-corrected chi connectivity index (χ4v) is 1.68. The van der Waals surface area contributed by atoms with Crippen molar-refractivity contribution in [2.24, 2.45) is 0 Å². The van der Waals surface area contributed by atoms with E-state index < -0.39 is 6.10 Å². The molecule has 20 heavy (non-hydrogen) atoms. The largest absolute Gasteiger partial charge is 0.394 e. The molecule has 4 nitrogen and oxygen atoms in total. The van der Waals surface area contributed by atoms with Crippen molar-refractivity contribution in [2.75, 3.05) is 18.5 Å². The average molecular weight is 270 g/mol. The highest BCUT2D eigenvalue weighted by molar-refractivity contribution is 5.70. The van der Waals surface area contributed by atoms with Crippen LogP contribution in [-0.2, 0) is 0 Å². The van der Waals surface area contributed by atoms with Crippen LogP contribution in [-0.4, -0.2) is 34.5 Å². The molecule has 1 aromatic carbocycles. The number of hydrogen-bond acceptors (Lipinski definition) is 4. The van der Waals surface area contributed by atoms with Gasteiger partial charge in [-0.1, -0.05) is 24.3 Å². The molecule has 1 atom stereocenters. The Kier molecular flexibility index (Phi) is 5.29. The van der Waals surface area contributed by atoms with E-state index in [2.05, 4.69) is 10.3 Å². The molecule has 0 amide bonds. The van der Waals surface area contributed by atoms with Gasteiger partial charge in [-0.3, -0.25) is 4.98 Å². The molecule has 2 rings (SSSR count). The Labute approximate surface area is 118 Å². The Balaban J connectivity index is 1.93. The van der Waals surface area contributed by atoms with Crippen LogP contribution in [0.5, 0.6) is 0 Å². The van der Waals surface area contributed by atoms with Crippen molar-refractivity contribution >= 4 is 17.8 Å². The summed E-state index contributed by atoms with van der Waals surface area (Å²) in [5.41, 5.74) is 3.11. The Hall–Kier alpha value is -2.17. The Bertz CT molecular complexity index is 538. The van der Waals surface area contributed by atoms with Crippen molar-refractivity contribution in [3.8, 4) is 0 Å². The first kappa shape index (κ1) is 14.2. The van der Waals surface area contributed by atoms with E-state index in [4.69, 9.17) is 5.11 Å². The lowest BCUT2D eigenvalue weighted by atomic mass is 10.1. The maximum atomic E-state index is 9.26. The minimum absolute atomic E-state index is 0.236. The van der Waals surface area contributed by atoms with E-state index in [-0.39, 0.29) is 6.61 Å². The van der Waals surface area contributed by atoms with Gasteiger partial charge in [-0.2, -0.15) is 0 Å². The minimum Gasteiger partial charge on any atom is -0.394 e. The van der Waals surface area contributed by atoms with Gasteiger partial charge in [0.15, 0.2) is 0 Å². The monoisotopic (exact) mass is 270 g/mol. The number of benzene rings is 1. The van der Waals surface area contributed by atoms with Crippen molar-refractivity contribution in [1.82, 2.24) is 4.98 Å². The van der Waals surface area contributed by atoms with Crippen molar-refractivity contribution in [3.63, 3.8) is 0 Å². The van der Waals surface area contributed by atoms with Gasteiger partial charge < -0.3 is 15.5 Å². The molecule has 3 N–H and O–H groups in total. The standard InChI is InChI=1S/C16H18N2O2/c19-12-16(20)11-18-15-5-3-13(4-6-15)1-2-14-7-9-17-10-8-14/h1-10,16,18-20H,11-12H2. The molecular formula is C16H18N2O2. The highest BCUT2D eigenvalue weighted by atomic mass is 16.3. The summed E-state index contributed by atoms with van der Waals surface area (Å²) in [6.07, 6.45) is 6.85. The van der Waals surface area contributed by atoms with Gasteiger partial charge in [0, 0.05) is 24.6 Å². The lowest BCUT2D eigenvalue weighted by molar-refractivity contribution is 0.105. The molecule has 1 unspecified atom stereocenters. The van der Waals surface area contributed by atoms with E-state index in [9.17, 15) is 5.11 Å². The summed E-state index contributed by atoms with van der Waals surface area (Å²) in [4.78, 5) is 3.97. The molecule has 0 radical (unpaired) electrons. The number of nitrogens with one attached hydrogen (secondary N) is 1. The molecule has 0 aliphatic rings. The van der Waals surface area contributed by atoms with Crippen LogP contribution in [0.2, 0.25) is 0 Å². The Morgan fingerprint density at radius 1 is 1.00 bits per heavy atom. The smallest absolute Gasteiger partial charge is 0.0942 e. The third kappa shape index (κ3) is 4.50. The maximum absolute atomic E-state index is 9.26. The number of aromatic nitrogens is 1. The predicted octanol–water partition coefficient (Wildman–Crippen LogP) is 2.02. The summed E-state index contributed by atoms with van der Waals surface area (Å²) in [5.74, 6) is 0. The molecule has 0 bridgehead atoms.